The maximum absolute atomic E-state index is 13.5. The van der Waals surface area contributed by atoms with Crippen LogP contribution in [0.4, 0.5) is 10.1 Å². The fourth-order valence-electron chi connectivity index (χ4n) is 2.55. The number of benzene rings is 1. The molecule has 0 spiro atoms. The molecule has 1 heterocycles. The minimum Gasteiger partial charge on any atom is -0.484 e. The van der Waals surface area contributed by atoms with E-state index in [1.807, 2.05) is 13.8 Å². The standard InChI is InChI=1S/C15H20FN3O4/c1-15(2)9-18(6-5-13(15)17)14(20)8-23-10-3-4-12(19(21)22)11(16)7-10/h3-4,7,13H,5-6,8-9,17H2,1-2H3. The van der Waals surface area contributed by atoms with Gasteiger partial charge in [-0.15, -0.1) is 0 Å². The van der Waals surface area contributed by atoms with Gasteiger partial charge in [0.2, 0.25) is 5.82 Å². The van der Waals surface area contributed by atoms with Crippen LogP contribution >= 0.6 is 0 Å². The van der Waals surface area contributed by atoms with Crippen LogP contribution in [0.25, 0.3) is 0 Å². The van der Waals surface area contributed by atoms with E-state index < -0.39 is 16.4 Å². The maximum Gasteiger partial charge on any atom is 0.305 e. The number of likely N-dealkylation sites (tertiary alicyclic amines) is 1. The smallest absolute Gasteiger partial charge is 0.305 e. The summed E-state index contributed by atoms with van der Waals surface area (Å²) in [6.07, 6.45) is 0.713. The van der Waals surface area contributed by atoms with Gasteiger partial charge in [-0.25, -0.2) is 0 Å². The van der Waals surface area contributed by atoms with Crippen LogP contribution in [-0.4, -0.2) is 41.5 Å². The Labute approximate surface area is 133 Å². The summed E-state index contributed by atoms with van der Waals surface area (Å²) in [6.45, 7) is 4.85. The Morgan fingerprint density at radius 1 is 1.57 bits per heavy atom. The van der Waals surface area contributed by atoms with Crippen LogP contribution in [-0.2, 0) is 4.79 Å². The van der Waals surface area contributed by atoms with E-state index in [-0.39, 0.29) is 29.7 Å². The lowest BCUT2D eigenvalue weighted by Gasteiger charge is -2.42. The van der Waals surface area contributed by atoms with Crippen molar-refractivity contribution in [2.24, 2.45) is 11.1 Å². The highest BCUT2D eigenvalue weighted by atomic mass is 19.1. The van der Waals surface area contributed by atoms with Crippen molar-refractivity contribution in [3.8, 4) is 5.75 Å². The number of ether oxygens (including phenoxy) is 1. The number of nitro groups is 1. The molecule has 1 aliphatic rings. The van der Waals surface area contributed by atoms with Crippen molar-refractivity contribution in [3.05, 3.63) is 34.1 Å². The molecule has 8 heteroatoms. The first kappa shape index (κ1) is 17.1. The first-order valence-electron chi connectivity index (χ1n) is 7.31. The summed E-state index contributed by atoms with van der Waals surface area (Å²) in [5, 5.41) is 10.5. The summed E-state index contributed by atoms with van der Waals surface area (Å²) in [5.74, 6) is -1.14. The van der Waals surface area contributed by atoms with E-state index in [0.29, 0.717) is 19.5 Å². The number of nitro benzene ring substituents is 1. The van der Waals surface area contributed by atoms with Gasteiger partial charge in [-0.1, -0.05) is 13.8 Å². The van der Waals surface area contributed by atoms with E-state index in [0.717, 1.165) is 12.1 Å². The molecule has 1 fully saturated rings. The third-order valence-electron chi connectivity index (χ3n) is 4.14. The average molecular weight is 325 g/mol. The van der Waals surface area contributed by atoms with Crippen molar-refractivity contribution in [1.29, 1.82) is 0 Å². The molecule has 0 saturated carbocycles. The van der Waals surface area contributed by atoms with E-state index in [4.69, 9.17) is 10.5 Å². The quantitative estimate of drug-likeness (QED) is 0.671. The van der Waals surface area contributed by atoms with E-state index >= 15 is 0 Å². The fraction of sp³-hybridized carbons (Fsp3) is 0.533. The highest BCUT2D eigenvalue weighted by Crippen LogP contribution is 2.28. The van der Waals surface area contributed by atoms with E-state index in [9.17, 15) is 19.3 Å². The summed E-state index contributed by atoms with van der Waals surface area (Å²) in [4.78, 5) is 23.6. The van der Waals surface area contributed by atoms with Gasteiger partial charge in [0, 0.05) is 31.3 Å². The summed E-state index contributed by atoms with van der Waals surface area (Å²) in [7, 11) is 0. The molecular formula is C15H20FN3O4. The minimum atomic E-state index is -0.995. The highest BCUT2D eigenvalue weighted by Gasteiger charge is 2.35. The van der Waals surface area contributed by atoms with Gasteiger partial charge in [-0.3, -0.25) is 14.9 Å². The molecule has 1 aliphatic heterocycles. The number of piperidine rings is 1. The number of halogens is 1. The molecule has 0 aromatic heterocycles. The summed E-state index contributed by atoms with van der Waals surface area (Å²) >= 11 is 0. The maximum atomic E-state index is 13.5. The Balaban J connectivity index is 1.94. The topological polar surface area (TPSA) is 98.7 Å². The van der Waals surface area contributed by atoms with Crippen molar-refractivity contribution in [2.75, 3.05) is 19.7 Å². The second kappa shape index (κ2) is 6.49. The van der Waals surface area contributed by atoms with Gasteiger partial charge < -0.3 is 15.4 Å². The number of hydrogen-bond donors (Lipinski definition) is 1. The number of carbonyl (C=O) groups excluding carboxylic acids is 1. The molecule has 1 amide bonds. The second-order valence-corrected chi connectivity index (χ2v) is 6.36. The largest absolute Gasteiger partial charge is 0.484 e. The van der Waals surface area contributed by atoms with Crippen LogP contribution in [0.2, 0.25) is 0 Å². The third-order valence-corrected chi connectivity index (χ3v) is 4.14. The van der Waals surface area contributed by atoms with Gasteiger partial charge in [0.1, 0.15) is 5.75 Å². The van der Waals surface area contributed by atoms with Crippen molar-refractivity contribution < 1.29 is 18.8 Å². The van der Waals surface area contributed by atoms with Gasteiger partial charge >= 0.3 is 5.69 Å². The number of carbonyl (C=O) groups is 1. The molecule has 0 aliphatic carbocycles. The molecule has 1 unspecified atom stereocenters. The van der Waals surface area contributed by atoms with Gasteiger partial charge in [-0.2, -0.15) is 4.39 Å². The van der Waals surface area contributed by atoms with Crippen molar-refractivity contribution in [2.45, 2.75) is 26.3 Å². The average Bonchev–Trinajstić information content (AvgIpc) is 2.47. The Morgan fingerprint density at radius 2 is 2.26 bits per heavy atom. The number of rotatable bonds is 4. The predicted molar refractivity (Wildman–Crippen MR) is 81.5 cm³/mol. The number of hydrogen-bond acceptors (Lipinski definition) is 5. The van der Waals surface area contributed by atoms with Crippen LogP contribution in [0.1, 0.15) is 20.3 Å². The summed E-state index contributed by atoms with van der Waals surface area (Å²) in [6, 6.07) is 3.22. The van der Waals surface area contributed by atoms with Crippen LogP contribution < -0.4 is 10.5 Å². The molecule has 126 valence electrons. The molecule has 1 saturated heterocycles. The van der Waals surface area contributed by atoms with E-state index in [2.05, 4.69) is 0 Å². The van der Waals surface area contributed by atoms with Crippen LogP contribution in [0, 0.1) is 21.3 Å². The van der Waals surface area contributed by atoms with Crippen molar-refractivity contribution in [1.82, 2.24) is 4.90 Å². The molecule has 0 bridgehead atoms. The molecule has 1 aromatic carbocycles. The number of amides is 1. The van der Waals surface area contributed by atoms with Crippen molar-refractivity contribution in [3.63, 3.8) is 0 Å². The summed E-state index contributed by atoms with van der Waals surface area (Å²) in [5.41, 5.74) is 5.23. The molecule has 7 nitrogen and oxygen atoms in total. The lowest BCUT2D eigenvalue weighted by molar-refractivity contribution is -0.387. The SMILES string of the molecule is CC1(C)CN(C(=O)COc2ccc([N+](=O)[O-])c(F)c2)CCC1N. The van der Waals surface area contributed by atoms with Crippen LogP contribution in [0.15, 0.2) is 18.2 Å². The van der Waals surface area contributed by atoms with Crippen molar-refractivity contribution >= 4 is 11.6 Å². The second-order valence-electron chi connectivity index (χ2n) is 6.36. The number of nitrogens with zero attached hydrogens (tertiary/aromatic N) is 2. The molecule has 0 radical (unpaired) electrons. The Kier molecular flexibility index (Phi) is 4.84. The van der Waals surface area contributed by atoms with Gasteiger partial charge in [0.15, 0.2) is 6.61 Å². The normalized spacial score (nSPS) is 20.2. The zero-order valence-corrected chi connectivity index (χ0v) is 13.1. The van der Waals surface area contributed by atoms with Gasteiger partial charge in [0.05, 0.1) is 4.92 Å². The Morgan fingerprint density at radius 3 is 2.83 bits per heavy atom. The van der Waals surface area contributed by atoms with Gasteiger partial charge in [0.25, 0.3) is 5.91 Å². The molecule has 1 aromatic rings. The van der Waals surface area contributed by atoms with Gasteiger partial charge in [-0.05, 0) is 17.9 Å². The lowest BCUT2D eigenvalue weighted by atomic mass is 9.80. The van der Waals surface area contributed by atoms with E-state index in [1.165, 1.54) is 6.07 Å². The first-order valence-corrected chi connectivity index (χ1v) is 7.31. The zero-order valence-electron chi connectivity index (χ0n) is 13.1. The molecule has 1 atom stereocenters. The third kappa shape index (κ3) is 3.95. The Bertz CT molecular complexity index is 621. The molecule has 23 heavy (non-hydrogen) atoms. The minimum absolute atomic E-state index is 0.0382. The molecule has 2 rings (SSSR count). The zero-order chi connectivity index (χ0) is 17.2. The highest BCUT2D eigenvalue weighted by molar-refractivity contribution is 5.78. The van der Waals surface area contributed by atoms with Crippen LogP contribution in [0.5, 0.6) is 5.75 Å². The Hall–Kier alpha value is -2.22. The van der Waals surface area contributed by atoms with E-state index in [1.54, 1.807) is 4.90 Å². The fourth-order valence-corrected chi connectivity index (χ4v) is 2.55. The molecule has 2 N–H and O–H groups in total. The predicted octanol–water partition coefficient (Wildman–Crippen LogP) is 1.70. The first-order chi connectivity index (χ1) is 10.7. The lowest BCUT2D eigenvalue weighted by Crippen LogP contribution is -2.54. The number of nitrogens with two attached hydrogens (primary N) is 1. The monoisotopic (exact) mass is 325 g/mol. The summed E-state index contributed by atoms with van der Waals surface area (Å²) < 4.78 is 18.7. The van der Waals surface area contributed by atoms with Crippen LogP contribution in [0.3, 0.4) is 0 Å². The molecular weight excluding hydrogens is 305 g/mol.